The fourth-order valence-electron chi connectivity index (χ4n) is 2.80. The van der Waals surface area contributed by atoms with E-state index < -0.39 is 5.97 Å². The minimum absolute atomic E-state index is 0.0630. The Morgan fingerprint density at radius 2 is 1.91 bits per heavy atom. The molecule has 0 spiro atoms. The molecule has 0 saturated heterocycles. The van der Waals surface area contributed by atoms with Crippen LogP contribution in [0, 0.1) is 6.92 Å². The van der Waals surface area contributed by atoms with E-state index in [-0.39, 0.29) is 24.7 Å². The van der Waals surface area contributed by atoms with Crippen molar-refractivity contribution in [2.45, 2.75) is 45.3 Å². The Balaban J connectivity index is 1.67. The van der Waals surface area contributed by atoms with Crippen LogP contribution in [0.5, 0.6) is 0 Å². The van der Waals surface area contributed by atoms with Gasteiger partial charge < -0.3 is 15.7 Å². The minimum Gasteiger partial charge on any atom is -0.480 e. The molecule has 6 nitrogen and oxygen atoms in total. The first-order valence-corrected chi connectivity index (χ1v) is 8.03. The van der Waals surface area contributed by atoms with E-state index in [9.17, 15) is 9.59 Å². The predicted molar refractivity (Wildman–Crippen MR) is 88.2 cm³/mol. The third-order valence-corrected chi connectivity index (χ3v) is 4.28. The molecule has 1 aliphatic carbocycles. The van der Waals surface area contributed by atoms with Gasteiger partial charge in [-0.05, 0) is 31.9 Å². The highest BCUT2D eigenvalue weighted by molar-refractivity contribution is 5.74. The number of carboxylic acid groups (broad SMARTS) is 1. The van der Waals surface area contributed by atoms with Gasteiger partial charge in [-0.3, -0.25) is 9.69 Å². The van der Waals surface area contributed by atoms with Crippen LogP contribution in [0.3, 0.4) is 0 Å². The zero-order chi connectivity index (χ0) is 16.8. The molecular formula is C17H25N3O3. The molecule has 0 heterocycles. The number of hydrogen-bond donors (Lipinski definition) is 3. The quantitative estimate of drug-likeness (QED) is 0.715. The number of nitrogens with zero attached hydrogens (tertiary/aromatic N) is 1. The van der Waals surface area contributed by atoms with Crippen molar-refractivity contribution < 1.29 is 14.7 Å². The molecule has 0 aliphatic heterocycles. The zero-order valence-corrected chi connectivity index (χ0v) is 13.7. The summed E-state index contributed by atoms with van der Waals surface area (Å²) in [6, 6.07) is 8.25. The van der Waals surface area contributed by atoms with Crippen molar-refractivity contribution in [3.05, 3.63) is 35.4 Å². The van der Waals surface area contributed by atoms with E-state index in [4.69, 9.17) is 5.11 Å². The molecule has 1 aromatic rings. The molecule has 0 bridgehead atoms. The van der Waals surface area contributed by atoms with E-state index >= 15 is 0 Å². The van der Waals surface area contributed by atoms with Crippen molar-refractivity contribution in [1.29, 1.82) is 0 Å². The fourth-order valence-corrected chi connectivity index (χ4v) is 2.80. The number of aliphatic carboxylic acids is 1. The number of carboxylic acids is 1. The van der Waals surface area contributed by atoms with Crippen molar-refractivity contribution >= 4 is 12.0 Å². The molecule has 23 heavy (non-hydrogen) atoms. The summed E-state index contributed by atoms with van der Waals surface area (Å²) in [5.41, 5.74) is 2.26. The highest BCUT2D eigenvalue weighted by atomic mass is 16.4. The van der Waals surface area contributed by atoms with Gasteiger partial charge in [-0.15, -0.1) is 0 Å². The highest BCUT2D eigenvalue weighted by Crippen LogP contribution is 2.25. The first-order valence-electron chi connectivity index (χ1n) is 8.03. The third kappa shape index (κ3) is 5.25. The Bertz CT molecular complexity index is 539. The molecule has 0 unspecified atom stereocenters. The number of carbonyl (C=O) groups is 2. The van der Waals surface area contributed by atoms with E-state index in [0.717, 1.165) is 18.4 Å². The van der Waals surface area contributed by atoms with Crippen LogP contribution >= 0.6 is 0 Å². The Hall–Kier alpha value is -2.08. The number of hydrogen-bond acceptors (Lipinski definition) is 3. The summed E-state index contributed by atoms with van der Waals surface area (Å²) in [4.78, 5) is 24.6. The molecule has 1 saturated carbocycles. The van der Waals surface area contributed by atoms with Gasteiger partial charge in [0.15, 0.2) is 0 Å². The molecule has 0 radical (unpaired) electrons. The maximum atomic E-state index is 11.9. The van der Waals surface area contributed by atoms with E-state index in [1.807, 2.05) is 43.0 Å². The molecule has 126 valence electrons. The number of likely N-dealkylation sites (N-methyl/N-ethyl adjacent to an activating group) is 1. The predicted octanol–water partition coefficient (Wildman–Crippen LogP) is 1.73. The SMILES string of the molecule is CCN(CC(=O)O)C1CC(NC(=O)NCc2ccc(C)cc2)C1. The monoisotopic (exact) mass is 319 g/mol. The third-order valence-electron chi connectivity index (χ3n) is 4.28. The second kappa shape index (κ2) is 7.97. The largest absolute Gasteiger partial charge is 0.480 e. The van der Waals surface area contributed by atoms with Gasteiger partial charge in [0.05, 0.1) is 6.54 Å². The van der Waals surface area contributed by atoms with Crippen molar-refractivity contribution in [3.63, 3.8) is 0 Å². The molecule has 1 aromatic carbocycles. The summed E-state index contributed by atoms with van der Waals surface area (Å²) in [5, 5.41) is 14.7. The van der Waals surface area contributed by atoms with Gasteiger partial charge in [-0.25, -0.2) is 4.79 Å². The number of nitrogens with one attached hydrogen (secondary N) is 2. The normalized spacial score (nSPS) is 20.0. The molecule has 1 aliphatic rings. The summed E-state index contributed by atoms with van der Waals surface area (Å²) in [6.07, 6.45) is 1.61. The second-order valence-corrected chi connectivity index (χ2v) is 6.09. The van der Waals surface area contributed by atoms with Gasteiger partial charge in [0, 0.05) is 18.6 Å². The van der Waals surface area contributed by atoms with Gasteiger partial charge in [0.2, 0.25) is 0 Å². The van der Waals surface area contributed by atoms with Crippen LogP contribution < -0.4 is 10.6 Å². The van der Waals surface area contributed by atoms with Gasteiger partial charge in [-0.2, -0.15) is 0 Å². The molecule has 2 amide bonds. The summed E-state index contributed by atoms with van der Waals surface area (Å²) in [6.45, 7) is 5.26. The van der Waals surface area contributed by atoms with Crippen LogP contribution in [-0.4, -0.2) is 47.2 Å². The first kappa shape index (κ1) is 17.3. The maximum Gasteiger partial charge on any atom is 0.317 e. The molecule has 0 aromatic heterocycles. The van der Waals surface area contributed by atoms with E-state index in [2.05, 4.69) is 10.6 Å². The number of urea groups is 1. The van der Waals surface area contributed by atoms with Crippen LogP contribution in [0.4, 0.5) is 4.79 Å². The van der Waals surface area contributed by atoms with Crippen molar-refractivity contribution in [3.8, 4) is 0 Å². The molecule has 6 heteroatoms. The van der Waals surface area contributed by atoms with E-state index in [0.29, 0.717) is 13.1 Å². The number of carbonyl (C=O) groups excluding carboxylic acids is 1. The Morgan fingerprint density at radius 1 is 1.26 bits per heavy atom. The lowest BCUT2D eigenvalue weighted by molar-refractivity contribution is -0.139. The number of rotatable bonds is 7. The van der Waals surface area contributed by atoms with Crippen molar-refractivity contribution in [2.24, 2.45) is 0 Å². The van der Waals surface area contributed by atoms with Gasteiger partial charge in [0.25, 0.3) is 0 Å². The first-order chi connectivity index (χ1) is 11.0. The Morgan fingerprint density at radius 3 is 2.48 bits per heavy atom. The smallest absolute Gasteiger partial charge is 0.317 e. The minimum atomic E-state index is -0.806. The topological polar surface area (TPSA) is 81.7 Å². The van der Waals surface area contributed by atoms with Crippen LogP contribution in [0.1, 0.15) is 30.9 Å². The number of benzene rings is 1. The molecule has 0 atom stereocenters. The highest BCUT2D eigenvalue weighted by Gasteiger charge is 2.34. The number of aryl methyl sites for hydroxylation is 1. The lowest BCUT2D eigenvalue weighted by Gasteiger charge is -2.42. The summed E-state index contributed by atoms with van der Waals surface area (Å²) >= 11 is 0. The van der Waals surface area contributed by atoms with Gasteiger partial charge >= 0.3 is 12.0 Å². The van der Waals surface area contributed by atoms with Crippen LogP contribution in [0.2, 0.25) is 0 Å². The standard InChI is InChI=1S/C17H25N3O3/c1-3-20(11-16(21)22)15-8-14(9-15)19-17(23)18-10-13-6-4-12(2)5-7-13/h4-7,14-15H,3,8-11H2,1-2H3,(H,21,22)(H2,18,19,23). The van der Waals surface area contributed by atoms with Gasteiger partial charge in [-0.1, -0.05) is 36.8 Å². The van der Waals surface area contributed by atoms with Crippen molar-refractivity contribution in [1.82, 2.24) is 15.5 Å². The second-order valence-electron chi connectivity index (χ2n) is 6.09. The Labute approximate surface area is 136 Å². The zero-order valence-electron chi connectivity index (χ0n) is 13.7. The average Bonchev–Trinajstić information content (AvgIpc) is 2.47. The van der Waals surface area contributed by atoms with E-state index in [1.54, 1.807) is 0 Å². The number of amides is 2. The Kier molecular flexibility index (Phi) is 5.98. The molecule has 1 fully saturated rings. The van der Waals surface area contributed by atoms with E-state index in [1.165, 1.54) is 5.56 Å². The van der Waals surface area contributed by atoms with Crippen LogP contribution in [-0.2, 0) is 11.3 Å². The summed E-state index contributed by atoms with van der Waals surface area (Å²) < 4.78 is 0. The lowest BCUT2D eigenvalue weighted by atomic mass is 9.85. The fraction of sp³-hybridized carbons (Fsp3) is 0.529. The van der Waals surface area contributed by atoms with Crippen molar-refractivity contribution in [2.75, 3.05) is 13.1 Å². The average molecular weight is 319 g/mol. The molecule has 3 N–H and O–H groups in total. The molecule has 2 rings (SSSR count). The lowest BCUT2D eigenvalue weighted by Crippen LogP contribution is -2.56. The summed E-state index contributed by atoms with van der Waals surface area (Å²) in [7, 11) is 0. The van der Waals surface area contributed by atoms with Crippen LogP contribution in [0.15, 0.2) is 24.3 Å². The van der Waals surface area contributed by atoms with Crippen LogP contribution in [0.25, 0.3) is 0 Å². The summed E-state index contributed by atoms with van der Waals surface area (Å²) in [5.74, 6) is -0.806. The molecular weight excluding hydrogens is 294 g/mol. The maximum absolute atomic E-state index is 11.9. The van der Waals surface area contributed by atoms with Gasteiger partial charge in [0.1, 0.15) is 0 Å².